The van der Waals surface area contributed by atoms with Crippen molar-refractivity contribution < 1.29 is 14.7 Å². The van der Waals surface area contributed by atoms with Gasteiger partial charge in [0.25, 0.3) is 0 Å². The number of benzene rings is 1. The normalized spacial score (nSPS) is 13.4. The molecule has 20 heavy (non-hydrogen) atoms. The molecule has 6 heteroatoms. The van der Waals surface area contributed by atoms with Crippen molar-refractivity contribution in [2.45, 2.75) is 33.2 Å². The number of anilines is 1. The van der Waals surface area contributed by atoms with Gasteiger partial charge in [-0.05, 0) is 31.0 Å². The van der Waals surface area contributed by atoms with Gasteiger partial charge >= 0.3 is 12.0 Å². The van der Waals surface area contributed by atoms with Crippen molar-refractivity contribution >= 4 is 29.3 Å². The highest BCUT2D eigenvalue weighted by Gasteiger charge is 2.14. The molecular formula is C14H19ClN2O3. The van der Waals surface area contributed by atoms with Gasteiger partial charge < -0.3 is 15.7 Å². The molecule has 0 saturated carbocycles. The van der Waals surface area contributed by atoms with E-state index in [2.05, 4.69) is 24.5 Å². The van der Waals surface area contributed by atoms with E-state index in [9.17, 15) is 9.59 Å². The van der Waals surface area contributed by atoms with Crippen LogP contribution in [0.2, 0.25) is 5.02 Å². The summed E-state index contributed by atoms with van der Waals surface area (Å²) in [5.74, 6) is -0.695. The van der Waals surface area contributed by atoms with Gasteiger partial charge in [-0.2, -0.15) is 0 Å². The molecule has 5 nitrogen and oxygen atoms in total. The summed E-state index contributed by atoms with van der Waals surface area (Å²) in [6, 6.07) is 3.85. The minimum absolute atomic E-state index is 0.0390. The summed E-state index contributed by atoms with van der Waals surface area (Å²) in [5, 5.41) is 14.5. The topological polar surface area (TPSA) is 78.4 Å². The average molecular weight is 299 g/mol. The zero-order chi connectivity index (χ0) is 15.3. The van der Waals surface area contributed by atoms with Crippen LogP contribution in [0, 0.1) is 5.92 Å². The summed E-state index contributed by atoms with van der Waals surface area (Å²) in [6.45, 7) is 6.05. The number of carboxylic acid groups (broad SMARTS) is 1. The Kier molecular flexibility index (Phi) is 5.82. The molecule has 2 atom stereocenters. The minimum atomic E-state index is -1.06. The molecule has 0 spiro atoms. The number of nitrogens with one attached hydrogen (secondary N) is 2. The van der Waals surface area contributed by atoms with Crippen LogP contribution in [0.25, 0.3) is 0 Å². The van der Waals surface area contributed by atoms with Crippen LogP contribution in [-0.2, 0) is 0 Å². The third-order valence-corrected chi connectivity index (χ3v) is 3.63. The molecule has 0 aliphatic heterocycles. The quantitative estimate of drug-likeness (QED) is 0.777. The molecule has 0 aliphatic rings. The SMILES string of the molecule is CCC(C)C(C)NC(=O)Nc1ccc(C(=O)O)cc1Cl. The number of hydrogen-bond donors (Lipinski definition) is 3. The fourth-order valence-electron chi connectivity index (χ4n) is 1.61. The lowest BCUT2D eigenvalue weighted by molar-refractivity contribution is 0.0697. The molecule has 3 N–H and O–H groups in total. The van der Waals surface area contributed by atoms with Gasteiger partial charge in [0.05, 0.1) is 16.3 Å². The third-order valence-electron chi connectivity index (χ3n) is 3.32. The highest BCUT2D eigenvalue weighted by atomic mass is 35.5. The van der Waals surface area contributed by atoms with Crippen LogP contribution < -0.4 is 10.6 Å². The summed E-state index contributed by atoms with van der Waals surface area (Å²) in [5.41, 5.74) is 0.458. The Labute approximate surface area is 123 Å². The van der Waals surface area contributed by atoms with Gasteiger partial charge in [-0.1, -0.05) is 31.9 Å². The highest BCUT2D eigenvalue weighted by molar-refractivity contribution is 6.34. The summed E-state index contributed by atoms with van der Waals surface area (Å²) >= 11 is 5.94. The molecule has 0 radical (unpaired) electrons. The van der Waals surface area contributed by atoms with Crippen LogP contribution in [0.1, 0.15) is 37.6 Å². The van der Waals surface area contributed by atoms with E-state index < -0.39 is 5.97 Å². The first kappa shape index (κ1) is 16.3. The average Bonchev–Trinajstić information content (AvgIpc) is 2.39. The Hall–Kier alpha value is -1.75. The molecule has 1 rings (SSSR count). The van der Waals surface area contributed by atoms with Gasteiger partial charge in [-0.15, -0.1) is 0 Å². The molecule has 0 aliphatic carbocycles. The van der Waals surface area contributed by atoms with Gasteiger partial charge in [0.2, 0.25) is 0 Å². The van der Waals surface area contributed by atoms with Crippen molar-refractivity contribution in [1.82, 2.24) is 5.32 Å². The van der Waals surface area contributed by atoms with Crippen LogP contribution in [0.15, 0.2) is 18.2 Å². The number of carbonyl (C=O) groups is 2. The molecule has 1 aromatic rings. The number of urea groups is 1. The van der Waals surface area contributed by atoms with E-state index in [-0.39, 0.29) is 22.7 Å². The van der Waals surface area contributed by atoms with Crippen LogP contribution >= 0.6 is 11.6 Å². The fourth-order valence-corrected chi connectivity index (χ4v) is 1.84. The van der Waals surface area contributed by atoms with Crippen molar-refractivity contribution in [1.29, 1.82) is 0 Å². The number of carboxylic acids is 1. The maximum Gasteiger partial charge on any atom is 0.335 e. The van der Waals surface area contributed by atoms with Crippen molar-refractivity contribution in [3.63, 3.8) is 0 Å². The third kappa shape index (κ3) is 4.42. The molecule has 0 saturated heterocycles. The Bertz CT molecular complexity index is 505. The lowest BCUT2D eigenvalue weighted by Gasteiger charge is -2.20. The molecule has 0 bridgehead atoms. The van der Waals surface area contributed by atoms with Gasteiger partial charge in [0, 0.05) is 6.04 Å². The zero-order valence-corrected chi connectivity index (χ0v) is 12.5. The van der Waals surface area contributed by atoms with Gasteiger partial charge in [0.1, 0.15) is 0 Å². The number of halogens is 1. The molecule has 110 valence electrons. The van der Waals surface area contributed by atoms with E-state index in [0.29, 0.717) is 11.6 Å². The second kappa shape index (κ2) is 7.14. The van der Waals surface area contributed by atoms with E-state index in [0.717, 1.165) is 6.42 Å². The summed E-state index contributed by atoms with van der Waals surface area (Å²) in [7, 11) is 0. The van der Waals surface area contributed by atoms with Crippen LogP contribution in [0.4, 0.5) is 10.5 Å². The molecule has 0 fully saturated rings. The van der Waals surface area contributed by atoms with Gasteiger partial charge in [-0.3, -0.25) is 0 Å². The van der Waals surface area contributed by atoms with Crippen molar-refractivity contribution in [3.8, 4) is 0 Å². The second-order valence-corrected chi connectivity index (χ2v) is 5.18. The minimum Gasteiger partial charge on any atom is -0.478 e. The van der Waals surface area contributed by atoms with Crippen LogP contribution in [0.5, 0.6) is 0 Å². The molecule has 1 aromatic carbocycles. The van der Waals surface area contributed by atoms with Crippen molar-refractivity contribution in [2.24, 2.45) is 5.92 Å². The largest absolute Gasteiger partial charge is 0.478 e. The predicted molar refractivity (Wildman–Crippen MR) is 79.5 cm³/mol. The monoisotopic (exact) mass is 298 g/mol. The first-order chi connectivity index (χ1) is 9.35. The van der Waals surface area contributed by atoms with Crippen LogP contribution in [0.3, 0.4) is 0 Å². The number of aromatic carboxylic acids is 1. The smallest absolute Gasteiger partial charge is 0.335 e. The summed E-state index contributed by atoms with van der Waals surface area (Å²) in [4.78, 5) is 22.6. The standard InChI is InChI=1S/C14H19ClN2O3/c1-4-8(2)9(3)16-14(20)17-12-6-5-10(13(18)19)7-11(12)15/h5-9H,4H2,1-3H3,(H,18,19)(H2,16,17,20). The highest BCUT2D eigenvalue weighted by Crippen LogP contribution is 2.23. The fraction of sp³-hybridized carbons (Fsp3) is 0.429. The number of rotatable bonds is 5. The molecule has 0 heterocycles. The van der Waals surface area contributed by atoms with E-state index in [1.54, 1.807) is 0 Å². The lowest BCUT2D eigenvalue weighted by atomic mass is 10.0. The molecule has 2 unspecified atom stereocenters. The molecular weight excluding hydrogens is 280 g/mol. The van der Waals surface area contributed by atoms with E-state index in [1.807, 2.05) is 6.92 Å². The Morgan fingerprint density at radius 2 is 2.00 bits per heavy atom. The second-order valence-electron chi connectivity index (χ2n) is 4.77. The van der Waals surface area contributed by atoms with E-state index >= 15 is 0 Å². The Morgan fingerprint density at radius 1 is 1.35 bits per heavy atom. The van der Waals surface area contributed by atoms with Crippen LogP contribution in [-0.4, -0.2) is 23.1 Å². The zero-order valence-electron chi connectivity index (χ0n) is 11.7. The van der Waals surface area contributed by atoms with Crippen molar-refractivity contribution in [2.75, 3.05) is 5.32 Å². The number of amides is 2. The molecule has 0 aromatic heterocycles. The predicted octanol–water partition coefficient (Wildman–Crippen LogP) is 3.59. The maximum absolute atomic E-state index is 11.8. The Morgan fingerprint density at radius 3 is 2.50 bits per heavy atom. The Balaban J connectivity index is 2.69. The van der Waals surface area contributed by atoms with Gasteiger partial charge in [-0.25, -0.2) is 9.59 Å². The van der Waals surface area contributed by atoms with E-state index in [4.69, 9.17) is 16.7 Å². The first-order valence-corrected chi connectivity index (χ1v) is 6.83. The molecule has 2 amide bonds. The first-order valence-electron chi connectivity index (χ1n) is 6.45. The summed E-state index contributed by atoms with van der Waals surface area (Å²) in [6.07, 6.45) is 0.968. The number of hydrogen-bond acceptors (Lipinski definition) is 2. The summed E-state index contributed by atoms with van der Waals surface area (Å²) < 4.78 is 0. The number of carbonyl (C=O) groups excluding carboxylic acids is 1. The van der Waals surface area contributed by atoms with Gasteiger partial charge in [0.15, 0.2) is 0 Å². The van der Waals surface area contributed by atoms with Crippen molar-refractivity contribution in [3.05, 3.63) is 28.8 Å². The van der Waals surface area contributed by atoms with E-state index in [1.165, 1.54) is 18.2 Å². The lowest BCUT2D eigenvalue weighted by Crippen LogP contribution is -2.39. The maximum atomic E-state index is 11.8.